The molecule has 0 aliphatic heterocycles. The van der Waals surface area contributed by atoms with Gasteiger partial charge in [-0.1, -0.05) is 0 Å². The maximum atomic E-state index is 12.8. The lowest BCUT2D eigenvalue weighted by Gasteiger charge is -2.13. The van der Waals surface area contributed by atoms with Gasteiger partial charge in [-0.3, -0.25) is 4.79 Å². The summed E-state index contributed by atoms with van der Waals surface area (Å²) < 4.78 is 37.2. The van der Waals surface area contributed by atoms with E-state index in [1.807, 2.05) is 0 Å². The van der Waals surface area contributed by atoms with Gasteiger partial charge in [0.15, 0.2) is 9.84 Å². The van der Waals surface area contributed by atoms with E-state index in [0.717, 1.165) is 12.1 Å². The highest BCUT2D eigenvalue weighted by molar-refractivity contribution is 7.92. The van der Waals surface area contributed by atoms with Gasteiger partial charge in [0.2, 0.25) is 5.91 Å². The minimum atomic E-state index is -3.63. The van der Waals surface area contributed by atoms with E-state index >= 15 is 0 Å². The summed E-state index contributed by atoms with van der Waals surface area (Å²) in [6.45, 7) is 2.35. The molecule has 0 radical (unpaired) electrons. The van der Waals surface area contributed by atoms with E-state index in [4.69, 9.17) is 5.73 Å². The molecule has 0 fully saturated rings. The zero-order valence-electron chi connectivity index (χ0n) is 11.7. The van der Waals surface area contributed by atoms with Crippen LogP contribution in [0.3, 0.4) is 0 Å². The first-order valence-electron chi connectivity index (χ1n) is 6.34. The standard InChI is InChI=1S/C13H19FN2O3S.ClH/c1-10(9-13(17)16-8-2-7-15)20(18,19)12-5-3-11(14)4-6-12;/h3-6,10H,2,7-9,15H2,1H3,(H,16,17);1H. The molecule has 1 unspecified atom stereocenters. The maximum absolute atomic E-state index is 12.8. The van der Waals surface area contributed by atoms with Crippen LogP contribution in [0.15, 0.2) is 29.2 Å². The minimum absolute atomic E-state index is 0. The number of halogens is 2. The molecule has 1 amide bonds. The van der Waals surface area contributed by atoms with Crippen molar-refractivity contribution in [2.45, 2.75) is 29.9 Å². The van der Waals surface area contributed by atoms with Crippen molar-refractivity contribution in [1.29, 1.82) is 0 Å². The predicted molar refractivity (Wildman–Crippen MR) is 81.6 cm³/mol. The van der Waals surface area contributed by atoms with Crippen molar-refractivity contribution in [2.75, 3.05) is 13.1 Å². The summed E-state index contributed by atoms with van der Waals surface area (Å²) >= 11 is 0. The zero-order valence-corrected chi connectivity index (χ0v) is 13.3. The van der Waals surface area contributed by atoms with Crippen LogP contribution in [0.5, 0.6) is 0 Å². The lowest BCUT2D eigenvalue weighted by Crippen LogP contribution is -2.31. The highest BCUT2D eigenvalue weighted by Crippen LogP contribution is 2.18. The second-order valence-electron chi connectivity index (χ2n) is 4.51. The number of nitrogens with one attached hydrogen (secondary N) is 1. The second kappa shape index (κ2) is 8.96. The Morgan fingerprint density at radius 2 is 1.90 bits per heavy atom. The van der Waals surface area contributed by atoms with Gasteiger partial charge in [0.05, 0.1) is 10.1 Å². The molecule has 1 atom stereocenters. The molecular weight excluding hydrogens is 319 g/mol. The lowest BCUT2D eigenvalue weighted by molar-refractivity contribution is -0.121. The second-order valence-corrected chi connectivity index (χ2v) is 6.87. The van der Waals surface area contributed by atoms with Crippen LogP contribution in [0.4, 0.5) is 4.39 Å². The Morgan fingerprint density at radius 1 is 1.33 bits per heavy atom. The molecule has 0 heterocycles. The third-order valence-corrected chi connectivity index (χ3v) is 5.00. The lowest BCUT2D eigenvalue weighted by atomic mass is 10.3. The molecule has 1 rings (SSSR count). The molecule has 0 bridgehead atoms. The van der Waals surface area contributed by atoms with Crippen LogP contribution < -0.4 is 11.1 Å². The Morgan fingerprint density at radius 3 is 2.43 bits per heavy atom. The average Bonchev–Trinajstić information content (AvgIpc) is 2.39. The number of carbonyl (C=O) groups is 1. The Balaban J connectivity index is 0.00000400. The van der Waals surface area contributed by atoms with Crippen LogP contribution in [0.2, 0.25) is 0 Å². The zero-order chi connectivity index (χ0) is 15.2. The van der Waals surface area contributed by atoms with Gasteiger partial charge in [0.1, 0.15) is 5.82 Å². The minimum Gasteiger partial charge on any atom is -0.356 e. The number of hydrogen-bond donors (Lipinski definition) is 2. The molecular formula is C13H20ClFN2O3S. The Kier molecular flexibility index (Phi) is 8.46. The van der Waals surface area contributed by atoms with Gasteiger partial charge in [0.25, 0.3) is 0 Å². The summed E-state index contributed by atoms with van der Waals surface area (Å²) in [6.07, 6.45) is 0.509. The van der Waals surface area contributed by atoms with Gasteiger partial charge in [-0.25, -0.2) is 12.8 Å². The van der Waals surface area contributed by atoms with Crippen LogP contribution in [0, 0.1) is 5.82 Å². The SMILES string of the molecule is CC(CC(=O)NCCCN)S(=O)(=O)c1ccc(F)cc1.Cl. The molecule has 3 N–H and O–H groups in total. The molecule has 0 spiro atoms. The quantitative estimate of drug-likeness (QED) is 0.578. The van der Waals surface area contributed by atoms with Crippen molar-refractivity contribution < 1.29 is 17.6 Å². The summed E-state index contributed by atoms with van der Waals surface area (Å²) in [4.78, 5) is 11.6. The normalized spacial score (nSPS) is 12.3. The van der Waals surface area contributed by atoms with Crippen molar-refractivity contribution in [3.05, 3.63) is 30.1 Å². The van der Waals surface area contributed by atoms with E-state index in [2.05, 4.69) is 5.32 Å². The molecule has 8 heteroatoms. The molecule has 0 aliphatic carbocycles. The number of benzene rings is 1. The first kappa shape index (κ1) is 19.8. The monoisotopic (exact) mass is 338 g/mol. The summed E-state index contributed by atoms with van der Waals surface area (Å²) in [7, 11) is -3.63. The summed E-state index contributed by atoms with van der Waals surface area (Å²) in [5.74, 6) is -0.840. The smallest absolute Gasteiger partial charge is 0.221 e. The number of sulfone groups is 1. The highest BCUT2D eigenvalue weighted by atomic mass is 35.5. The maximum Gasteiger partial charge on any atom is 0.221 e. The van der Waals surface area contributed by atoms with Crippen molar-refractivity contribution in [3.8, 4) is 0 Å². The third-order valence-electron chi connectivity index (χ3n) is 2.85. The van der Waals surface area contributed by atoms with E-state index in [9.17, 15) is 17.6 Å². The van der Waals surface area contributed by atoms with Gasteiger partial charge in [-0.2, -0.15) is 0 Å². The molecule has 0 saturated carbocycles. The van der Waals surface area contributed by atoms with E-state index < -0.39 is 20.9 Å². The predicted octanol–water partition coefficient (Wildman–Crippen LogP) is 1.26. The van der Waals surface area contributed by atoms with Crippen LogP contribution in [-0.4, -0.2) is 32.7 Å². The fourth-order valence-electron chi connectivity index (χ4n) is 1.63. The molecule has 1 aromatic rings. The van der Waals surface area contributed by atoms with Crippen LogP contribution in [0.1, 0.15) is 19.8 Å². The van der Waals surface area contributed by atoms with Gasteiger partial charge < -0.3 is 11.1 Å². The van der Waals surface area contributed by atoms with Crippen molar-refractivity contribution in [3.63, 3.8) is 0 Å². The molecule has 0 saturated heterocycles. The van der Waals surface area contributed by atoms with Crippen molar-refractivity contribution in [2.24, 2.45) is 5.73 Å². The fourth-order valence-corrected chi connectivity index (χ4v) is 2.98. The highest BCUT2D eigenvalue weighted by Gasteiger charge is 2.25. The van der Waals surface area contributed by atoms with Gasteiger partial charge in [-0.15, -0.1) is 12.4 Å². The molecule has 21 heavy (non-hydrogen) atoms. The molecule has 5 nitrogen and oxygen atoms in total. The first-order valence-corrected chi connectivity index (χ1v) is 7.88. The van der Waals surface area contributed by atoms with Crippen LogP contribution in [-0.2, 0) is 14.6 Å². The van der Waals surface area contributed by atoms with E-state index in [1.165, 1.54) is 19.1 Å². The first-order chi connectivity index (χ1) is 9.37. The molecule has 1 aromatic carbocycles. The molecule has 0 aliphatic rings. The average molecular weight is 339 g/mol. The number of rotatable bonds is 7. The van der Waals surface area contributed by atoms with Crippen LogP contribution >= 0.6 is 12.4 Å². The Labute approximate surface area is 130 Å². The van der Waals surface area contributed by atoms with E-state index in [-0.39, 0.29) is 29.6 Å². The summed E-state index contributed by atoms with van der Waals surface area (Å²) in [6, 6.07) is 4.57. The largest absolute Gasteiger partial charge is 0.356 e. The van der Waals surface area contributed by atoms with E-state index in [1.54, 1.807) is 0 Å². The summed E-state index contributed by atoms with van der Waals surface area (Å²) in [5.41, 5.74) is 5.30. The van der Waals surface area contributed by atoms with Gasteiger partial charge in [0, 0.05) is 13.0 Å². The fraction of sp³-hybridized carbons (Fsp3) is 0.462. The molecule has 0 aromatic heterocycles. The number of nitrogens with two attached hydrogens (primary N) is 1. The topological polar surface area (TPSA) is 89.3 Å². The van der Waals surface area contributed by atoms with Crippen molar-refractivity contribution in [1.82, 2.24) is 5.32 Å². The number of amides is 1. The number of carbonyl (C=O) groups excluding carboxylic acids is 1. The van der Waals surface area contributed by atoms with Crippen LogP contribution in [0.25, 0.3) is 0 Å². The number of hydrogen-bond acceptors (Lipinski definition) is 4. The third kappa shape index (κ3) is 5.99. The van der Waals surface area contributed by atoms with Gasteiger partial charge >= 0.3 is 0 Å². The Bertz CT molecular complexity index is 549. The Hall–Kier alpha value is -1.18. The van der Waals surface area contributed by atoms with Gasteiger partial charge in [-0.05, 0) is 44.2 Å². The molecule has 120 valence electrons. The summed E-state index contributed by atoms with van der Waals surface area (Å²) in [5, 5.41) is 1.73. The van der Waals surface area contributed by atoms with Crippen molar-refractivity contribution >= 4 is 28.2 Å². The van der Waals surface area contributed by atoms with E-state index in [0.29, 0.717) is 19.5 Å².